The van der Waals surface area contributed by atoms with Gasteiger partial charge in [0.25, 0.3) is 0 Å². The Hall–Kier alpha value is -2.16. The summed E-state index contributed by atoms with van der Waals surface area (Å²) in [5.74, 6) is 0.582. The molecule has 1 aromatic heterocycles. The van der Waals surface area contributed by atoms with Crippen molar-refractivity contribution in [1.82, 2.24) is 4.98 Å². The van der Waals surface area contributed by atoms with Gasteiger partial charge in [-0.25, -0.2) is 0 Å². The summed E-state index contributed by atoms with van der Waals surface area (Å²) >= 11 is 0. The zero-order valence-electron chi connectivity index (χ0n) is 11.4. The maximum atomic E-state index is 12.5. The van der Waals surface area contributed by atoms with Crippen molar-refractivity contribution in [1.29, 1.82) is 0 Å². The summed E-state index contributed by atoms with van der Waals surface area (Å²) in [6, 6.07) is 10.8. The minimum atomic E-state index is -0.0400. The number of pyridine rings is 1. The van der Waals surface area contributed by atoms with Crippen molar-refractivity contribution in [3.8, 4) is 5.75 Å². The number of hydrogen-bond acceptors (Lipinski definition) is 3. The Bertz CT molecular complexity index is 591. The first-order valence-corrected chi connectivity index (χ1v) is 6.31. The van der Waals surface area contributed by atoms with E-state index in [1.807, 2.05) is 39.0 Å². The van der Waals surface area contributed by atoms with E-state index in [2.05, 4.69) is 4.98 Å². The van der Waals surface area contributed by atoms with Gasteiger partial charge in [-0.05, 0) is 45.0 Å². The van der Waals surface area contributed by atoms with Crippen LogP contribution in [0.4, 0.5) is 0 Å². The average molecular weight is 255 g/mol. The average Bonchev–Trinajstić information content (AvgIpc) is 2.38. The van der Waals surface area contributed by atoms with Crippen LogP contribution in [-0.2, 0) is 0 Å². The monoisotopic (exact) mass is 255 g/mol. The fourth-order valence-corrected chi connectivity index (χ4v) is 1.85. The van der Waals surface area contributed by atoms with E-state index in [1.54, 1.807) is 24.4 Å². The molecule has 0 saturated carbocycles. The van der Waals surface area contributed by atoms with Gasteiger partial charge in [-0.3, -0.25) is 9.78 Å². The smallest absolute Gasteiger partial charge is 0.196 e. The molecule has 0 fully saturated rings. The molecule has 0 bridgehead atoms. The number of ketones is 1. The number of rotatable bonds is 4. The summed E-state index contributed by atoms with van der Waals surface area (Å²) in [4.78, 5) is 16.6. The lowest BCUT2D eigenvalue weighted by Crippen LogP contribution is -2.10. The number of aromatic nitrogens is 1. The van der Waals surface area contributed by atoms with Gasteiger partial charge in [0.05, 0.1) is 11.7 Å². The molecule has 3 heteroatoms. The van der Waals surface area contributed by atoms with Gasteiger partial charge in [-0.2, -0.15) is 0 Å². The van der Waals surface area contributed by atoms with Gasteiger partial charge in [0.1, 0.15) is 5.75 Å². The van der Waals surface area contributed by atoms with Crippen molar-refractivity contribution >= 4 is 5.78 Å². The molecule has 2 aromatic rings. The fourth-order valence-electron chi connectivity index (χ4n) is 1.85. The van der Waals surface area contributed by atoms with Gasteiger partial charge in [0.2, 0.25) is 0 Å². The first kappa shape index (κ1) is 13.3. The van der Waals surface area contributed by atoms with Crippen LogP contribution in [0.1, 0.15) is 35.5 Å². The highest BCUT2D eigenvalue weighted by Crippen LogP contribution is 2.22. The zero-order valence-corrected chi connectivity index (χ0v) is 11.4. The number of nitrogens with zero attached hydrogens (tertiary/aromatic N) is 1. The second-order valence-electron chi connectivity index (χ2n) is 4.68. The normalized spacial score (nSPS) is 10.5. The van der Waals surface area contributed by atoms with Crippen LogP contribution >= 0.6 is 0 Å². The second-order valence-corrected chi connectivity index (χ2v) is 4.68. The first-order chi connectivity index (χ1) is 9.08. The third-order valence-electron chi connectivity index (χ3n) is 2.65. The van der Waals surface area contributed by atoms with Crippen LogP contribution in [0.25, 0.3) is 0 Å². The second kappa shape index (κ2) is 5.65. The standard InChI is InChI=1S/C16H17NO2/c1-11(2)19-15-7-5-4-6-14(15)16(18)13-8-9-17-12(3)10-13/h4-11H,1-3H3. The largest absolute Gasteiger partial charge is 0.490 e. The van der Waals surface area contributed by atoms with E-state index in [0.29, 0.717) is 16.9 Å². The zero-order chi connectivity index (χ0) is 13.8. The summed E-state index contributed by atoms with van der Waals surface area (Å²) in [5.41, 5.74) is 2.04. The van der Waals surface area contributed by atoms with E-state index in [-0.39, 0.29) is 11.9 Å². The Labute approximate surface area is 113 Å². The number of carbonyl (C=O) groups is 1. The van der Waals surface area contributed by atoms with Crippen molar-refractivity contribution in [3.63, 3.8) is 0 Å². The molecular weight excluding hydrogens is 238 g/mol. The molecule has 1 aromatic carbocycles. The van der Waals surface area contributed by atoms with Crippen LogP contribution in [0.3, 0.4) is 0 Å². The van der Waals surface area contributed by atoms with Crippen LogP contribution in [0.5, 0.6) is 5.75 Å². The van der Waals surface area contributed by atoms with Crippen LogP contribution in [-0.4, -0.2) is 16.9 Å². The van der Waals surface area contributed by atoms with Crippen LogP contribution < -0.4 is 4.74 Å². The topological polar surface area (TPSA) is 39.2 Å². The van der Waals surface area contributed by atoms with E-state index in [1.165, 1.54) is 0 Å². The lowest BCUT2D eigenvalue weighted by atomic mass is 10.0. The first-order valence-electron chi connectivity index (χ1n) is 6.31. The number of ether oxygens (including phenoxy) is 1. The molecule has 0 spiro atoms. The predicted octanol–water partition coefficient (Wildman–Crippen LogP) is 3.41. The number of aryl methyl sites for hydroxylation is 1. The van der Waals surface area contributed by atoms with E-state index in [4.69, 9.17) is 4.74 Å². The third kappa shape index (κ3) is 3.19. The minimum Gasteiger partial charge on any atom is -0.490 e. The number of carbonyl (C=O) groups excluding carboxylic acids is 1. The van der Waals surface area contributed by atoms with E-state index in [0.717, 1.165) is 5.69 Å². The number of benzene rings is 1. The Kier molecular flexibility index (Phi) is 3.95. The summed E-state index contributed by atoms with van der Waals surface area (Å²) in [6.07, 6.45) is 1.68. The Morgan fingerprint density at radius 3 is 2.63 bits per heavy atom. The highest BCUT2D eigenvalue weighted by molar-refractivity contribution is 6.10. The molecule has 19 heavy (non-hydrogen) atoms. The molecule has 0 unspecified atom stereocenters. The summed E-state index contributed by atoms with van der Waals surface area (Å²) in [5, 5.41) is 0. The fraction of sp³-hybridized carbons (Fsp3) is 0.250. The lowest BCUT2D eigenvalue weighted by Gasteiger charge is -2.13. The van der Waals surface area contributed by atoms with Crippen molar-refractivity contribution in [2.75, 3.05) is 0 Å². The van der Waals surface area contributed by atoms with Crippen LogP contribution in [0.2, 0.25) is 0 Å². The molecule has 0 aliphatic heterocycles. The Morgan fingerprint density at radius 2 is 1.95 bits per heavy atom. The Morgan fingerprint density at radius 1 is 1.21 bits per heavy atom. The van der Waals surface area contributed by atoms with E-state index < -0.39 is 0 Å². The third-order valence-corrected chi connectivity index (χ3v) is 2.65. The SMILES string of the molecule is Cc1cc(C(=O)c2ccccc2OC(C)C)ccn1. The van der Waals surface area contributed by atoms with Crippen LogP contribution in [0, 0.1) is 6.92 Å². The highest BCUT2D eigenvalue weighted by atomic mass is 16.5. The van der Waals surface area contributed by atoms with Gasteiger partial charge in [-0.15, -0.1) is 0 Å². The van der Waals surface area contributed by atoms with Crippen molar-refractivity contribution in [3.05, 3.63) is 59.4 Å². The molecule has 1 heterocycles. The summed E-state index contributed by atoms with van der Waals surface area (Å²) < 4.78 is 5.68. The van der Waals surface area contributed by atoms with Gasteiger partial charge in [0.15, 0.2) is 5.78 Å². The number of para-hydroxylation sites is 1. The maximum absolute atomic E-state index is 12.5. The lowest BCUT2D eigenvalue weighted by molar-refractivity contribution is 0.103. The van der Waals surface area contributed by atoms with E-state index >= 15 is 0 Å². The number of hydrogen-bond donors (Lipinski definition) is 0. The van der Waals surface area contributed by atoms with Crippen molar-refractivity contribution in [2.45, 2.75) is 26.9 Å². The van der Waals surface area contributed by atoms with Crippen molar-refractivity contribution < 1.29 is 9.53 Å². The van der Waals surface area contributed by atoms with Crippen LogP contribution in [0.15, 0.2) is 42.6 Å². The van der Waals surface area contributed by atoms with Crippen molar-refractivity contribution in [2.24, 2.45) is 0 Å². The van der Waals surface area contributed by atoms with Gasteiger partial charge >= 0.3 is 0 Å². The maximum Gasteiger partial charge on any atom is 0.196 e. The Balaban J connectivity index is 2.39. The van der Waals surface area contributed by atoms with Gasteiger partial charge in [0, 0.05) is 17.5 Å². The summed E-state index contributed by atoms with van der Waals surface area (Å²) in [7, 11) is 0. The molecule has 0 N–H and O–H groups in total. The minimum absolute atomic E-state index is 0.0353. The van der Waals surface area contributed by atoms with E-state index in [9.17, 15) is 4.79 Å². The predicted molar refractivity (Wildman–Crippen MR) is 74.6 cm³/mol. The summed E-state index contributed by atoms with van der Waals surface area (Å²) in [6.45, 7) is 5.75. The molecule has 0 atom stereocenters. The molecule has 0 amide bonds. The molecule has 2 rings (SSSR count). The molecule has 3 nitrogen and oxygen atoms in total. The molecule has 0 aliphatic carbocycles. The molecule has 0 saturated heterocycles. The molecular formula is C16H17NO2. The van der Waals surface area contributed by atoms with Gasteiger partial charge < -0.3 is 4.74 Å². The quantitative estimate of drug-likeness (QED) is 0.786. The molecule has 0 radical (unpaired) electrons. The molecule has 0 aliphatic rings. The van der Waals surface area contributed by atoms with Gasteiger partial charge in [-0.1, -0.05) is 12.1 Å². The molecule has 98 valence electrons. The highest BCUT2D eigenvalue weighted by Gasteiger charge is 2.15.